The van der Waals surface area contributed by atoms with E-state index >= 15 is 0 Å². The monoisotopic (exact) mass is 216 g/mol. The van der Waals surface area contributed by atoms with Gasteiger partial charge in [0.15, 0.2) is 0 Å². The molecule has 1 unspecified atom stereocenters. The molecule has 0 aliphatic heterocycles. The van der Waals surface area contributed by atoms with E-state index in [0.29, 0.717) is 0 Å². The molecule has 0 spiro atoms. The summed E-state index contributed by atoms with van der Waals surface area (Å²) in [6.45, 7) is -1.29. The van der Waals surface area contributed by atoms with Crippen molar-refractivity contribution in [3.63, 3.8) is 0 Å². The fourth-order valence-electron chi connectivity index (χ4n) is 0.478. The fraction of sp³-hybridized carbons (Fsp3) is 0.800. The van der Waals surface area contributed by atoms with Crippen LogP contribution in [-0.2, 0) is 14.9 Å². The number of hydrogen-bond acceptors (Lipinski definition) is 5. The van der Waals surface area contributed by atoms with Crippen molar-refractivity contribution in [1.82, 2.24) is 0 Å². The highest BCUT2D eigenvalue weighted by Crippen LogP contribution is 2.01. The standard InChI is InChI=1S/C4H10O5S.CH2O2/c5-2-1-4(3-6)10(7,8)9;2-1-3/h4-6H,1-3H2,(H,7,8,9);1H,(H,2,3). The van der Waals surface area contributed by atoms with Gasteiger partial charge in [-0.15, -0.1) is 0 Å². The van der Waals surface area contributed by atoms with Crippen molar-refractivity contribution >= 4 is 16.6 Å². The fourth-order valence-corrected chi connectivity index (χ4v) is 1.07. The van der Waals surface area contributed by atoms with Crippen LogP contribution in [0.2, 0.25) is 0 Å². The Morgan fingerprint density at radius 3 is 1.77 bits per heavy atom. The molecule has 0 amide bonds. The molecule has 0 aliphatic carbocycles. The highest BCUT2D eigenvalue weighted by atomic mass is 32.2. The number of aliphatic hydroxyl groups is 2. The van der Waals surface area contributed by atoms with Crippen LogP contribution in [0, 0.1) is 0 Å². The van der Waals surface area contributed by atoms with Crippen molar-refractivity contribution in [1.29, 1.82) is 0 Å². The van der Waals surface area contributed by atoms with Crippen LogP contribution in [0.3, 0.4) is 0 Å². The zero-order valence-electron chi connectivity index (χ0n) is 6.70. The van der Waals surface area contributed by atoms with Gasteiger partial charge in [-0.1, -0.05) is 0 Å². The molecule has 0 rings (SSSR count). The average molecular weight is 216 g/mol. The third kappa shape index (κ3) is 9.21. The van der Waals surface area contributed by atoms with Crippen LogP contribution < -0.4 is 0 Å². The number of carboxylic acid groups (broad SMARTS) is 1. The number of carbonyl (C=O) groups is 1. The van der Waals surface area contributed by atoms with E-state index in [2.05, 4.69) is 0 Å². The molecule has 0 saturated carbocycles. The lowest BCUT2D eigenvalue weighted by atomic mass is 10.3. The molecule has 0 radical (unpaired) electrons. The highest BCUT2D eigenvalue weighted by molar-refractivity contribution is 7.86. The first-order valence-corrected chi connectivity index (χ1v) is 4.70. The average Bonchev–Trinajstić information content (AvgIpc) is 1.99. The highest BCUT2D eigenvalue weighted by Gasteiger charge is 2.20. The van der Waals surface area contributed by atoms with Crippen LogP contribution in [-0.4, -0.2) is 53.2 Å². The lowest BCUT2D eigenvalue weighted by Crippen LogP contribution is -2.25. The first-order chi connectivity index (χ1) is 5.93. The molecule has 0 aliphatic rings. The minimum atomic E-state index is -4.19. The van der Waals surface area contributed by atoms with Gasteiger partial charge in [0.05, 0.1) is 6.61 Å². The summed E-state index contributed by atoms with van der Waals surface area (Å²) in [6.07, 6.45) is -0.144. The second-order valence-corrected chi connectivity index (χ2v) is 3.63. The van der Waals surface area contributed by atoms with Gasteiger partial charge in [-0.3, -0.25) is 9.35 Å². The van der Waals surface area contributed by atoms with E-state index < -0.39 is 22.0 Å². The van der Waals surface area contributed by atoms with Gasteiger partial charge in [0.2, 0.25) is 0 Å². The minimum absolute atomic E-state index is 0.144. The van der Waals surface area contributed by atoms with Crippen molar-refractivity contribution < 1.29 is 33.1 Å². The molecular weight excluding hydrogens is 204 g/mol. The lowest BCUT2D eigenvalue weighted by molar-refractivity contribution is -0.122. The van der Waals surface area contributed by atoms with Crippen molar-refractivity contribution in [2.75, 3.05) is 13.2 Å². The van der Waals surface area contributed by atoms with Crippen LogP contribution >= 0.6 is 0 Å². The van der Waals surface area contributed by atoms with Gasteiger partial charge in [0, 0.05) is 6.61 Å². The van der Waals surface area contributed by atoms with Gasteiger partial charge >= 0.3 is 0 Å². The van der Waals surface area contributed by atoms with E-state index in [0.717, 1.165) is 0 Å². The van der Waals surface area contributed by atoms with Crippen LogP contribution in [0.1, 0.15) is 6.42 Å². The van der Waals surface area contributed by atoms with Gasteiger partial charge in [-0.05, 0) is 6.42 Å². The lowest BCUT2D eigenvalue weighted by Gasteiger charge is -2.06. The Bertz CT molecular complexity index is 209. The zero-order chi connectivity index (χ0) is 10.9. The Labute approximate surface area is 75.4 Å². The Kier molecular flexibility index (Phi) is 9.02. The molecule has 80 valence electrons. The normalized spacial score (nSPS) is 12.5. The Hall–Kier alpha value is -0.700. The van der Waals surface area contributed by atoms with E-state index in [1.54, 1.807) is 0 Å². The molecular formula is C5H12O7S. The Morgan fingerprint density at radius 1 is 1.31 bits per heavy atom. The molecule has 0 saturated heterocycles. The van der Waals surface area contributed by atoms with E-state index in [4.69, 9.17) is 24.7 Å². The summed E-state index contributed by atoms with van der Waals surface area (Å²) >= 11 is 0. The maximum atomic E-state index is 10.2. The van der Waals surface area contributed by atoms with Crippen LogP contribution in [0.15, 0.2) is 0 Å². The summed E-state index contributed by atoms with van der Waals surface area (Å²) in [5.41, 5.74) is 0. The molecule has 13 heavy (non-hydrogen) atoms. The third-order valence-corrected chi connectivity index (χ3v) is 2.30. The zero-order valence-corrected chi connectivity index (χ0v) is 7.51. The smallest absolute Gasteiger partial charge is 0.290 e. The van der Waals surface area contributed by atoms with Gasteiger partial charge in [-0.2, -0.15) is 8.42 Å². The van der Waals surface area contributed by atoms with Crippen LogP contribution in [0.4, 0.5) is 0 Å². The number of rotatable bonds is 4. The van der Waals surface area contributed by atoms with E-state index in [1.165, 1.54) is 0 Å². The van der Waals surface area contributed by atoms with Crippen molar-refractivity contribution in [3.05, 3.63) is 0 Å². The second kappa shape index (κ2) is 7.92. The maximum absolute atomic E-state index is 10.2. The summed E-state index contributed by atoms with van der Waals surface area (Å²) < 4.78 is 28.8. The number of hydrogen-bond donors (Lipinski definition) is 4. The molecule has 0 heterocycles. The van der Waals surface area contributed by atoms with Crippen molar-refractivity contribution in [2.45, 2.75) is 11.7 Å². The minimum Gasteiger partial charge on any atom is -0.483 e. The first-order valence-electron chi connectivity index (χ1n) is 3.19. The first kappa shape index (κ1) is 14.8. The van der Waals surface area contributed by atoms with Crippen molar-refractivity contribution in [3.8, 4) is 0 Å². The second-order valence-electron chi connectivity index (χ2n) is 1.94. The van der Waals surface area contributed by atoms with Gasteiger partial charge in [0.1, 0.15) is 5.25 Å². The third-order valence-electron chi connectivity index (χ3n) is 1.08. The van der Waals surface area contributed by atoms with Gasteiger partial charge in [0.25, 0.3) is 16.6 Å². The topological polar surface area (TPSA) is 132 Å². The summed E-state index contributed by atoms with van der Waals surface area (Å²) in [7, 11) is -4.19. The Balaban J connectivity index is 0. The predicted octanol–water partition coefficient (Wildman–Crippen LogP) is -1.68. The maximum Gasteiger partial charge on any atom is 0.290 e. The molecule has 1 atom stereocenters. The van der Waals surface area contributed by atoms with Gasteiger partial charge < -0.3 is 15.3 Å². The molecule has 8 heteroatoms. The summed E-state index contributed by atoms with van der Waals surface area (Å²) in [4.78, 5) is 8.36. The molecule has 0 aromatic carbocycles. The Morgan fingerprint density at radius 2 is 1.69 bits per heavy atom. The molecule has 0 bridgehead atoms. The van der Waals surface area contributed by atoms with E-state index in [9.17, 15) is 8.42 Å². The summed E-state index contributed by atoms with van der Waals surface area (Å²) in [5.74, 6) is 0. The van der Waals surface area contributed by atoms with Crippen molar-refractivity contribution in [2.24, 2.45) is 0 Å². The van der Waals surface area contributed by atoms with E-state index in [-0.39, 0.29) is 19.5 Å². The SMILES string of the molecule is O=CO.O=S(=O)(O)C(CO)CCO. The molecule has 7 nitrogen and oxygen atoms in total. The molecule has 0 fully saturated rings. The van der Waals surface area contributed by atoms with Crippen LogP contribution in [0.25, 0.3) is 0 Å². The largest absolute Gasteiger partial charge is 0.483 e. The van der Waals surface area contributed by atoms with E-state index in [1.807, 2.05) is 0 Å². The molecule has 0 aromatic heterocycles. The molecule has 0 aromatic rings. The summed E-state index contributed by atoms with van der Waals surface area (Å²) in [6, 6.07) is 0. The molecule has 4 N–H and O–H groups in total. The number of aliphatic hydroxyl groups excluding tert-OH is 2. The quantitative estimate of drug-likeness (QED) is 0.326. The predicted molar refractivity (Wildman–Crippen MR) is 42.8 cm³/mol. The van der Waals surface area contributed by atoms with Crippen LogP contribution in [0.5, 0.6) is 0 Å². The van der Waals surface area contributed by atoms with Gasteiger partial charge in [-0.25, -0.2) is 0 Å². The summed E-state index contributed by atoms with van der Waals surface area (Å²) in [5, 5.41) is 22.2.